The largest absolute Gasteiger partial charge is 0.497 e. The van der Waals surface area contributed by atoms with Gasteiger partial charge in [0.2, 0.25) is 5.95 Å². The summed E-state index contributed by atoms with van der Waals surface area (Å²) >= 11 is 0. The molecule has 0 spiro atoms. The van der Waals surface area contributed by atoms with Crippen LogP contribution in [0.1, 0.15) is 35.9 Å². The second-order valence-corrected chi connectivity index (χ2v) is 8.76. The van der Waals surface area contributed by atoms with Crippen LogP contribution < -0.4 is 14.8 Å². The maximum atomic E-state index is 13.8. The number of nitrogens with zero attached hydrogens (tertiary/aromatic N) is 2. The van der Waals surface area contributed by atoms with Crippen molar-refractivity contribution in [1.82, 2.24) is 9.55 Å². The van der Waals surface area contributed by atoms with Gasteiger partial charge in [-0.25, -0.2) is 4.98 Å². The van der Waals surface area contributed by atoms with E-state index in [2.05, 4.69) is 28.1 Å². The van der Waals surface area contributed by atoms with E-state index < -0.39 is 0 Å². The van der Waals surface area contributed by atoms with Crippen molar-refractivity contribution in [2.75, 3.05) is 19.5 Å². The lowest BCUT2D eigenvalue weighted by Crippen LogP contribution is -2.33. The van der Waals surface area contributed by atoms with Crippen LogP contribution >= 0.6 is 0 Å². The Morgan fingerprint density at radius 1 is 0.912 bits per heavy atom. The Kier molecular flexibility index (Phi) is 4.87. The molecule has 0 saturated heterocycles. The number of imidazole rings is 1. The molecule has 0 unspecified atom stereocenters. The molecule has 6 rings (SSSR count). The minimum atomic E-state index is -0.306. The molecule has 2 aliphatic rings. The SMILES string of the molecule is COc1ccc([C@@H]2CC(=O)C3=C(C2)Nc2nc4ccccc4n2[C@@H]3c2ccccc2OC)cc1. The molecule has 6 nitrogen and oxygen atoms in total. The van der Waals surface area contributed by atoms with Gasteiger partial charge in [0.15, 0.2) is 5.78 Å². The number of carbonyl (C=O) groups is 1. The number of hydrogen-bond donors (Lipinski definition) is 1. The average molecular weight is 452 g/mol. The highest BCUT2D eigenvalue weighted by atomic mass is 16.5. The van der Waals surface area contributed by atoms with Crippen molar-refractivity contribution in [3.63, 3.8) is 0 Å². The first-order valence-electron chi connectivity index (χ1n) is 11.4. The molecule has 0 radical (unpaired) electrons. The third-order valence-electron chi connectivity index (χ3n) is 6.92. The van der Waals surface area contributed by atoms with E-state index in [1.165, 1.54) is 0 Å². The van der Waals surface area contributed by atoms with Crippen molar-refractivity contribution in [3.8, 4) is 11.5 Å². The summed E-state index contributed by atoms with van der Waals surface area (Å²) in [5.41, 5.74) is 5.71. The highest BCUT2D eigenvalue weighted by Crippen LogP contribution is 2.47. The number of methoxy groups -OCH3 is 2. The topological polar surface area (TPSA) is 65.4 Å². The zero-order valence-corrected chi connectivity index (χ0v) is 19.1. The molecule has 34 heavy (non-hydrogen) atoms. The second kappa shape index (κ2) is 8.06. The van der Waals surface area contributed by atoms with Crippen LogP contribution in [0.5, 0.6) is 11.5 Å². The lowest BCUT2D eigenvalue weighted by atomic mass is 9.77. The van der Waals surface area contributed by atoms with Crippen molar-refractivity contribution >= 4 is 22.8 Å². The van der Waals surface area contributed by atoms with Gasteiger partial charge in [0.1, 0.15) is 11.5 Å². The molecule has 0 saturated carbocycles. The van der Waals surface area contributed by atoms with Crippen molar-refractivity contribution in [1.29, 1.82) is 0 Å². The van der Waals surface area contributed by atoms with Crippen molar-refractivity contribution in [2.24, 2.45) is 0 Å². The van der Waals surface area contributed by atoms with Gasteiger partial charge in [0.05, 0.1) is 31.3 Å². The molecule has 2 atom stereocenters. The van der Waals surface area contributed by atoms with E-state index in [4.69, 9.17) is 14.5 Å². The fraction of sp³-hybridized carbons (Fsp3) is 0.214. The fourth-order valence-electron chi connectivity index (χ4n) is 5.32. The molecule has 1 aromatic heterocycles. The maximum Gasteiger partial charge on any atom is 0.209 e. The first kappa shape index (κ1) is 20.5. The highest BCUT2D eigenvalue weighted by Gasteiger charge is 2.40. The van der Waals surface area contributed by atoms with E-state index >= 15 is 0 Å². The number of rotatable bonds is 4. The first-order chi connectivity index (χ1) is 16.7. The number of ether oxygens (including phenoxy) is 2. The quantitative estimate of drug-likeness (QED) is 0.446. The van der Waals surface area contributed by atoms with E-state index in [-0.39, 0.29) is 17.7 Å². The summed E-state index contributed by atoms with van der Waals surface area (Å²) in [4.78, 5) is 18.7. The molecular weight excluding hydrogens is 426 g/mol. The van der Waals surface area contributed by atoms with Crippen LogP contribution in [0.2, 0.25) is 0 Å². The molecule has 6 heteroatoms. The number of benzene rings is 3. The number of carbonyl (C=O) groups excluding carboxylic acids is 1. The Labute approximate surface area is 197 Å². The molecular formula is C28H25N3O3. The molecule has 1 N–H and O–H groups in total. The minimum Gasteiger partial charge on any atom is -0.497 e. The number of para-hydroxylation sites is 3. The molecule has 1 aliphatic heterocycles. The number of nitrogens with one attached hydrogen (secondary N) is 1. The Bertz CT molecular complexity index is 1440. The van der Waals surface area contributed by atoms with Crippen LogP contribution in [0.4, 0.5) is 5.95 Å². The molecule has 170 valence electrons. The summed E-state index contributed by atoms with van der Waals surface area (Å²) in [5.74, 6) is 2.56. The molecule has 2 heterocycles. The Morgan fingerprint density at radius 3 is 2.47 bits per heavy atom. The van der Waals surface area contributed by atoms with Crippen LogP contribution in [0, 0.1) is 0 Å². The summed E-state index contributed by atoms with van der Waals surface area (Å²) < 4.78 is 13.2. The maximum absolute atomic E-state index is 13.8. The Morgan fingerprint density at radius 2 is 1.68 bits per heavy atom. The predicted molar refractivity (Wildman–Crippen MR) is 131 cm³/mol. The first-order valence-corrected chi connectivity index (χ1v) is 11.4. The monoisotopic (exact) mass is 451 g/mol. The average Bonchev–Trinajstić information content (AvgIpc) is 3.25. The lowest BCUT2D eigenvalue weighted by molar-refractivity contribution is -0.116. The zero-order chi connectivity index (χ0) is 23.2. The van der Waals surface area contributed by atoms with E-state index in [0.717, 1.165) is 57.3 Å². The number of Topliss-reactive ketones (excluding diaryl/α,β-unsaturated/α-hetero) is 1. The normalized spacial score (nSPS) is 19.4. The van der Waals surface area contributed by atoms with Crippen molar-refractivity contribution < 1.29 is 14.3 Å². The van der Waals surface area contributed by atoms with E-state index in [1.807, 2.05) is 54.6 Å². The number of fused-ring (bicyclic) bond motifs is 3. The van der Waals surface area contributed by atoms with Crippen LogP contribution in [-0.2, 0) is 4.79 Å². The van der Waals surface area contributed by atoms with Crippen LogP contribution in [0.25, 0.3) is 11.0 Å². The molecule has 0 fully saturated rings. The summed E-state index contributed by atoms with van der Waals surface area (Å²) in [6.45, 7) is 0. The van der Waals surface area contributed by atoms with Crippen LogP contribution in [0.3, 0.4) is 0 Å². The van der Waals surface area contributed by atoms with Crippen LogP contribution in [0.15, 0.2) is 84.1 Å². The van der Waals surface area contributed by atoms with Gasteiger partial charge in [-0.1, -0.05) is 42.5 Å². The number of hydrogen-bond acceptors (Lipinski definition) is 5. The zero-order valence-electron chi connectivity index (χ0n) is 19.1. The van der Waals surface area contributed by atoms with E-state index in [0.29, 0.717) is 6.42 Å². The van der Waals surface area contributed by atoms with Crippen molar-refractivity contribution in [3.05, 3.63) is 95.2 Å². The number of anilines is 1. The van der Waals surface area contributed by atoms with Gasteiger partial charge in [-0.3, -0.25) is 9.36 Å². The fourth-order valence-corrected chi connectivity index (χ4v) is 5.32. The molecule has 3 aromatic carbocycles. The molecule has 1 aliphatic carbocycles. The van der Waals surface area contributed by atoms with E-state index in [9.17, 15) is 4.79 Å². The molecule has 0 amide bonds. The van der Waals surface area contributed by atoms with Gasteiger partial charge >= 0.3 is 0 Å². The lowest BCUT2D eigenvalue weighted by Gasteiger charge is -2.36. The molecule has 0 bridgehead atoms. The third kappa shape index (κ3) is 3.17. The summed E-state index contributed by atoms with van der Waals surface area (Å²) in [7, 11) is 3.33. The van der Waals surface area contributed by atoms with Gasteiger partial charge in [0.25, 0.3) is 0 Å². The van der Waals surface area contributed by atoms with Gasteiger partial charge in [-0.2, -0.15) is 0 Å². The van der Waals surface area contributed by atoms with Gasteiger partial charge in [-0.05, 0) is 48.2 Å². The van der Waals surface area contributed by atoms with Crippen LogP contribution in [-0.4, -0.2) is 29.6 Å². The summed E-state index contributed by atoms with van der Waals surface area (Å²) in [6.07, 6.45) is 1.20. The second-order valence-electron chi connectivity index (χ2n) is 8.76. The number of allylic oxidation sites excluding steroid dienone is 2. The Hall–Kier alpha value is -4.06. The van der Waals surface area contributed by atoms with Gasteiger partial charge < -0.3 is 14.8 Å². The smallest absolute Gasteiger partial charge is 0.209 e. The van der Waals surface area contributed by atoms with Gasteiger partial charge in [-0.15, -0.1) is 0 Å². The van der Waals surface area contributed by atoms with Crippen molar-refractivity contribution in [2.45, 2.75) is 24.8 Å². The van der Waals surface area contributed by atoms with Gasteiger partial charge in [0, 0.05) is 23.3 Å². The Balaban J connectivity index is 1.51. The molecule has 4 aromatic rings. The summed E-state index contributed by atoms with van der Waals surface area (Å²) in [6, 6.07) is 23.7. The highest BCUT2D eigenvalue weighted by molar-refractivity contribution is 6.01. The predicted octanol–water partition coefficient (Wildman–Crippen LogP) is 5.47. The number of ketones is 1. The summed E-state index contributed by atoms with van der Waals surface area (Å²) in [5, 5.41) is 3.52. The standard InChI is InChI=1S/C28H25N3O3/c1-33-19-13-11-17(12-14-19)18-15-22-26(24(32)16-18)27(20-7-3-6-10-25(20)34-2)31-23-9-5-4-8-21(23)29-28(31)30-22/h3-14,18,27H,15-16H2,1-2H3,(H,29,30)/t18-,27+/m0/s1. The third-order valence-corrected chi connectivity index (χ3v) is 6.92. The van der Waals surface area contributed by atoms with E-state index in [1.54, 1.807) is 14.2 Å². The minimum absolute atomic E-state index is 0.0962. The number of aromatic nitrogens is 2.